The van der Waals surface area contributed by atoms with Crippen molar-refractivity contribution < 1.29 is 4.74 Å². The smallest absolute Gasteiger partial charge is 0.337 e. The summed E-state index contributed by atoms with van der Waals surface area (Å²) >= 11 is 1.59. The average molecular weight is 368 g/mol. The minimum Gasteiger partial charge on any atom is -0.497 e. The zero-order valence-corrected chi connectivity index (χ0v) is 15.5. The summed E-state index contributed by atoms with van der Waals surface area (Å²) in [5, 5.41) is 0.696. The molecule has 2 heterocycles. The van der Waals surface area contributed by atoms with E-state index in [0.717, 1.165) is 36.1 Å². The van der Waals surface area contributed by atoms with E-state index < -0.39 is 0 Å². The minimum absolute atomic E-state index is 0.227. The second kappa shape index (κ2) is 6.61. The number of aromatic nitrogens is 2. The first kappa shape index (κ1) is 16.8. The van der Waals surface area contributed by atoms with Crippen LogP contribution in [0.15, 0.2) is 46.5 Å². The zero-order valence-electron chi connectivity index (χ0n) is 14.7. The number of rotatable bonds is 4. The van der Waals surface area contributed by atoms with E-state index in [1.54, 1.807) is 53.4 Å². The second-order valence-electron chi connectivity index (χ2n) is 6.41. The molecule has 4 rings (SSSR count). The van der Waals surface area contributed by atoms with Gasteiger partial charge >= 0.3 is 5.69 Å². The maximum atomic E-state index is 13.3. The Balaban J connectivity index is 2.08. The van der Waals surface area contributed by atoms with Gasteiger partial charge in [-0.2, -0.15) is 0 Å². The standard InChI is InChI=1S/C20H20N2O3S/c1-3-12-21-19-17(15-6-4-5-7-16(15)26-19)18(23)22(20(21)24)13-8-10-14(25-2)11-9-13/h3,8-11H,1,4-7,12H2,2H3. The maximum absolute atomic E-state index is 13.3. The molecule has 134 valence electrons. The lowest BCUT2D eigenvalue weighted by Gasteiger charge is -2.13. The van der Waals surface area contributed by atoms with Crippen LogP contribution in [-0.4, -0.2) is 16.2 Å². The SMILES string of the molecule is C=CCn1c(=O)n(-c2ccc(OC)cc2)c(=O)c2c3c(sc21)CCCC3. The highest BCUT2D eigenvalue weighted by atomic mass is 32.1. The van der Waals surface area contributed by atoms with Crippen LogP contribution in [0.2, 0.25) is 0 Å². The van der Waals surface area contributed by atoms with Crippen LogP contribution in [0.25, 0.3) is 15.9 Å². The second-order valence-corrected chi connectivity index (χ2v) is 7.50. The zero-order chi connectivity index (χ0) is 18.3. The Morgan fingerprint density at radius 2 is 1.92 bits per heavy atom. The van der Waals surface area contributed by atoms with Crippen molar-refractivity contribution in [2.24, 2.45) is 0 Å². The molecule has 26 heavy (non-hydrogen) atoms. The van der Waals surface area contributed by atoms with Crippen LogP contribution in [0.3, 0.4) is 0 Å². The highest BCUT2D eigenvalue weighted by molar-refractivity contribution is 7.18. The quantitative estimate of drug-likeness (QED) is 0.664. The van der Waals surface area contributed by atoms with Gasteiger partial charge in [0.2, 0.25) is 0 Å². The molecule has 0 radical (unpaired) electrons. The van der Waals surface area contributed by atoms with Crippen molar-refractivity contribution in [1.29, 1.82) is 0 Å². The van der Waals surface area contributed by atoms with E-state index in [1.165, 1.54) is 9.44 Å². The average Bonchev–Trinajstić information content (AvgIpc) is 3.05. The van der Waals surface area contributed by atoms with Gasteiger partial charge in [0.1, 0.15) is 10.6 Å². The highest BCUT2D eigenvalue weighted by Crippen LogP contribution is 2.34. The van der Waals surface area contributed by atoms with E-state index in [1.807, 2.05) is 0 Å². The van der Waals surface area contributed by atoms with Gasteiger partial charge in [0.25, 0.3) is 5.56 Å². The summed E-state index contributed by atoms with van der Waals surface area (Å²) in [6.07, 6.45) is 5.81. The van der Waals surface area contributed by atoms with Crippen molar-refractivity contribution in [2.45, 2.75) is 32.2 Å². The van der Waals surface area contributed by atoms with Gasteiger partial charge in [0.15, 0.2) is 0 Å². The van der Waals surface area contributed by atoms with Crippen LogP contribution < -0.4 is 16.0 Å². The molecule has 1 aliphatic rings. The van der Waals surface area contributed by atoms with Gasteiger partial charge in [0.05, 0.1) is 18.2 Å². The third-order valence-corrected chi connectivity index (χ3v) is 6.19. The van der Waals surface area contributed by atoms with Gasteiger partial charge in [-0.05, 0) is 55.5 Å². The molecule has 3 aromatic rings. The molecule has 0 N–H and O–H groups in total. The minimum atomic E-state index is -0.328. The van der Waals surface area contributed by atoms with Crippen molar-refractivity contribution in [2.75, 3.05) is 7.11 Å². The summed E-state index contributed by atoms with van der Waals surface area (Å²) in [4.78, 5) is 28.4. The van der Waals surface area contributed by atoms with Gasteiger partial charge in [-0.15, -0.1) is 17.9 Å². The first-order valence-electron chi connectivity index (χ1n) is 8.71. The molecule has 0 saturated heterocycles. The number of hydrogen-bond acceptors (Lipinski definition) is 4. The third-order valence-electron chi connectivity index (χ3n) is 4.88. The molecule has 1 aromatic carbocycles. The lowest BCUT2D eigenvalue weighted by atomic mass is 9.97. The molecule has 0 aliphatic heterocycles. The lowest BCUT2D eigenvalue weighted by molar-refractivity contribution is 0.414. The van der Waals surface area contributed by atoms with Crippen LogP contribution >= 0.6 is 11.3 Å². The normalized spacial score (nSPS) is 13.6. The topological polar surface area (TPSA) is 53.2 Å². The molecular formula is C20H20N2O3S. The maximum Gasteiger partial charge on any atom is 0.337 e. The molecular weight excluding hydrogens is 348 g/mol. The fourth-order valence-electron chi connectivity index (χ4n) is 3.62. The number of ether oxygens (including phenoxy) is 1. The molecule has 0 amide bonds. The lowest BCUT2D eigenvalue weighted by Crippen LogP contribution is -2.38. The van der Waals surface area contributed by atoms with Crippen molar-refractivity contribution in [3.05, 3.63) is 68.2 Å². The van der Waals surface area contributed by atoms with E-state index in [4.69, 9.17) is 4.74 Å². The molecule has 0 bridgehead atoms. The molecule has 0 unspecified atom stereocenters. The summed E-state index contributed by atoms with van der Waals surface area (Å²) in [6, 6.07) is 6.99. The fourth-order valence-corrected chi connectivity index (χ4v) is 5.00. The fraction of sp³-hybridized carbons (Fsp3) is 0.300. The largest absolute Gasteiger partial charge is 0.497 e. The Hall–Kier alpha value is -2.60. The molecule has 2 aromatic heterocycles. The number of methoxy groups -OCH3 is 1. The van der Waals surface area contributed by atoms with Gasteiger partial charge in [-0.25, -0.2) is 9.36 Å². The van der Waals surface area contributed by atoms with Crippen molar-refractivity contribution in [1.82, 2.24) is 9.13 Å². The van der Waals surface area contributed by atoms with Crippen LogP contribution in [0.5, 0.6) is 5.75 Å². The number of benzene rings is 1. The predicted octanol–water partition coefficient (Wildman–Crippen LogP) is 3.29. The molecule has 0 fully saturated rings. The summed E-state index contributed by atoms with van der Waals surface area (Å²) in [5.74, 6) is 0.683. The first-order chi connectivity index (χ1) is 12.7. The Kier molecular flexibility index (Phi) is 4.28. The van der Waals surface area contributed by atoms with Gasteiger partial charge in [-0.1, -0.05) is 6.08 Å². The molecule has 6 heteroatoms. The number of thiophene rings is 1. The number of fused-ring (bicyclic) bond motifs is 3. The monoisotopic (exact) mass is 368 g/mol. The Labute approximate surface area is 154 Å². The third kappa shape index (κ3) is 2.52. The first-order valence-corrected chi connectivity index (χ1v) is 9.52. The van der Waals surface area contributed by atoms with E-state index in [9.17, 15) is 9.59 Å². The van der Waals surface area contributed by atoms with Crippen molar-refractivity contribution in [3.8, 4) is 11.4 Å². The molecule has 0 saturated carbocycles. The summed E-state index contributed by atoms with van der Waals surface area (Å²) in [7, 11) is 1.59. The number of aryl methyl sites for hydroxylation is 2. The van der Waals surface area contributed by atoms with Crippen molar-refractivity contribution in [3.63, 3.8) is 0 Å². The summed E-state index contributed by atoms with van der Waals surface area (Å²) in [5.41, 5.74) is 1.12. The number of nitrogens with zero attached hydrogens (tertiary/aromatic N) is 2. The van der Waals surface area contributed by atoms with Crippen LogP contribution in [0, 0.1) is 0 Å². The highest BCUT2D eigenvalue weighted by Gasteiger charge is 2.23. The van der Waals surface area contributed by atoms with Crippen LogP contribution in [0.4, 0.5) is 0 Å². The molecule has 0 spiro atoms. The predicted molar refractivity (Wildman–Crippen MR) is 105 cm³/mol. The van der Waals surface area contributed by atoms with Crippen LogP contribution in [-0.2, 0) is 19.4 Å². The van der Waals surface area contributed by atoms with E-state index in [-0.39, 0.29) is 11.2 Å². The molecule has 0 atom stereocenters. The number of allylic oxidation sites excluding steroid dienone is 1. The Morgan fingerprint density at radius 1 is 1.19 bits per heavy atom. The molecule has 5 nitrogen and oxygen atoms in total. The van der Waals surface area contributed by atoms with E-state index in [2.05, 4.69) is 6.58 Å². The summed E-state index contributed by atoms with van der Waals surface area (Å²) in [6.45, 7) is 4.15. The van der Waals surface area contributed by atoms with E-state index >= 15 is 0 Å². The van der Waals surface area contributed by atoms with Gasteiger partial charge < -0.3 is 4.74 Å². The Morgan fingerprint density at radius 3 is 2.62 bits per heavy atom. The van der Waals surface area contributed by atoms with Gasteiger partial charge in [0, 0.05) is 11.4 Å². The molecule has 1 aliphatic carbocycles. The summed E-state index contributed by atoms with van der Waals surface area (Å²) < 4.78 is 8.11. The van der Waals surface area contributed by atoms with Gasteiger partial charge in [-0.3, -0.25) is 9.36 Å². The van der Waals surface area contributed by atoms with E-state index in [0.29, 0.717) is 23.4 Å². The number of hydrogen-bond donors (Lipinski definition) is 0. The Bertz CT molecular complexity index is 1100. The van der Waals surface area contributed by atoms with Crippen molar-refractivity contribution >= 4 is 21.6 Å². The van der Waals surface area contributed by atoms with Crippen LogP contribution in [0.1, 0.15) is 23.3 Å².